The molecule has 0 bridgehead atoms. The van der Waals surface area contributed by atoms with Crippen molar-refractivity contribution in [3.8, 4) is 0 Å². The highest BCUT2D eigenvalue weighted by Crippen LogP contribution is 2.36. The molecule has 0 radical (unpaired) electrons. The van der Waals surface area contributed by atoms with Gasteiger partial charge in [-0.1, -0.05) is 18.7 Å². The smallest absolute Gasteiger partial charge is 0.399 e. The molecule has 1 saturated heterocycles. The lowest BCUT2D eigenvalue weighted by Gasteiger charge is -2.32. The first-order valence-corrected chi connectivity index (χ1v) is 6.64. The zero-order chi connectivity index (χ0) is 15.0. The molecule has 20 heavy (non-hydrogen) atoms. The van der Waals surface area contributed by atoms with Crippen molar-refractivity contribution in [3.63, 3.8) is 0 Å². The van der Waals surface area contributed by atoms with Crippen molar-refractivity contribution in [2.75, 3.05) is 5.32 Å². The molecule has 0 atom stereocenters. The van der Waals surface area contributed by atoms with E-state index < -0.39 is 7.12 Å². The molecule has 1 fully saturated rings. The summed E-state index contributed by atoms with van der Waals surface area (Å²) in [6, 6.07) is 7.45. The van der Waals surface area contributed by atoms with Crippen LogP contribution in [0.2, 0.25) is 0 Å². The van der Waals surface area contributed by atoms with Crippen molar-refractivity contribution in [3.05, 3.63) is 36.9 Å². The Balaban J connectivity index is 2.21. The van der Waals surface area contributed by atoms with Crippen LogP contribution in [0, 0.1) is 0 Å². The van der Waals surface area contributed by atoms with Crippen LogP contribution in [0.4, 0.5) is 5.69 Å². The molecule has 2 rings (SSSR count). The Hall–Kier alpha value is -1.59. The summed E-state index contributed by atoms with van der Waals surface area (Å²) in [5.74, 6) is -0.240. The van der Waals surface area contributed by atoms with Gasteiger partial charge in [0.15, 0.2) is 0 Å². The Labute approximate surface area is 120 Å². The highest BCUT2D eigenvalue weighted by molar-refractivity contribution is 6.62. The van der Waals surface area contributed by atoms with Crippen LogP contribution in [-0.2, 0) is 14.1 Å². The van der Waals surface area contributed by atoms with Crippen molar-refractivity contribution in [2.24, 2.45) is 0 Å². The van der Waals surface area contributed by atoms with Crippen LogP contribution in [0.3, 0.4) is 0 Å². The van der Waals surface area contributed by atoms with E-state index in [9.17, 15) is 4.79 Å². The van der Waals surface area contributed by atoms with Crippen LogP contribution in [0.1, 0.15) is 27.7 Å². The maximum absolute atomic E-state index is 11.3. The topological polar surface area (TPSA) is 47.6 Å². The Bertz CT molecular complexity index is 524. The highest BCUT2D eigenvalue weighted by atomic mass is 16.7. The Kier molecular flexibility index (Phi) is 3.76. The minimum atomic E-state index is -0.430. The molecular weight excluding hydrogens is 253 g/mol. The number of rotatable bonds is 3. The number of amides is 1. The van der Waals surface area contributed by atoms with E-state index in [2.05, 4.69) is 11.9 Å². The summed E-state index contributed by atoms with van der Waals surface area (Å²) in [7, 11) is -0.430. The molecule has 1 aliphatic rings. The first kappa shape index (κ1) is 14.8. The Morgan fingerprint density at radius 1 is 1.25 bits per heavy atom. The van der Waals surface area contributed by atoms with Gasteiger partial charge in [-0.3, -0.25) is 4.79 Å². The quantitative estimate of drug-likeness (QED) is 0.677. The van der Waals surface area contributed by atoms with Gasteiger partial charge in [0.25, 0.3) is 0 Å². The fraction of sp³-hybridized carbons (Fsp3) is 0.400. The minimum absolute atomic E-state index is 0.240. The molecule has 0 aliphatic carbocycles. The number of anilines is 1. The number of hydrogen-bond donors (Lipinski definition) is 1. The summed E-state index contributed by atoms with van der Waals surface area (Å²) >= 11 is 0. The van der Waals surface area contributed by atoms with Crippen molar-refractivity contribution in [2.45, 2.75) is 38.9 Å². The monoisotopic (exact) mass is 273 g/mol. The number of carbonyl (C=O) groups is 1. The van der Waals surface area contributed by atoms with Gasteiger partial charge in [-0.05, 0) is 51.4 Å². The molecule has 4 nitrogen and oxygen atoms in total. The molecule has 1 amide bonds. The summed E-state index contributed by atoms with van der Waals surface area (Å²) in [6.07, 6.45) is 1.24. The third kappa shape index (κ3) is 2.79. The van der Waals surface area contributed by atoms with Crippen LogP contribution < -0.4 is 10.8 Å². The van der Waals surface area contributed by atoms with E-state index in [4.69, 9.17) is 9.31 Å². The van der Waals surface area contributed by atoms with Gasteiger partial charge in [0.05, 0.1) is 11.2 Å². The number of carbonyl (C=O) groups excluding carboxylic acids is 1. The van der Waals surface area contributed by atoms with E-state index in [0.717, 1.165) is 5.46 Å². The van der Waals surface area contributed by atoms with Gasteiger partial charge in [-0.25, -0.2) is 0 Å². The lowest BCUT2D eigenvalue weighted by Crippen LogP contribution is -2.41. The van der Waals surface area contributed by atoms with Gasteiger partial charge < -0.3 is 14.6 Å². The molecule has 0 spiro atoms. The van der Waals surface area contributed by atoms with E-state index in [1.54, 1.807) is 0 Å². The maximum atomic E-state index is 11.3. The SMILES string of the molecule is C=CC(=O)Nc1cccc(B2OC(C)(C)C(C)(C)O2)c1. The highest BCUT2D eigenvalue weighted by Gasteiger charge is 2.51. The molecule has 1 aromatic rings. The van der Waals surface area contributed by atoms with E-state index >= 15 is 0 Å². The molecule has 5 heteroatoms. The van der Waals surface area contributed by atoms with E-state index in [1.165, 1.54) is 6.08 Å². The molecule has 1 heterocycles. The van der Waals surface area contributed by atoms with Gasteiger partial charge >= 0.3 is 7.12 Å². The number of nitrogens with one attached hydrogen (secondary N) is 1. The fourth-order valence-corrected chi connectivity index (χ4v) is 1.94. The number of hydrogen-bond acceptors (Lipinski definition) is 3. The summed E-state index contributed by atoms with van der Waals surface area (Å²) < 4.78 is 12.0. The Morgan fingerprint density at radius 2 is 1.85 bits per heavy atom. The predicted molar refractivity (Wildman–Crippen MR) is 81.0 cm³/mol. The zero-order valence-corrected chi connectivity index (χ0v) is 12.4. The lowest BCUT2D eigenvalue weighted by molar-refractivity contribution is -0.111. The summed E-state index contributed by atoms with van der Waals surface area (Å²) in [5.41, 5.74) is 0.823. The second kappa shape index (κ2) is 5.07. The third-order valence-corrected chi connectivity index (χ3v) is 3.86. The number of benzene rings is 1. The van der Waals surface area contributed by atoms with E-state index in [0.29, 0.717) is 5.69 Å². The summed E-state index contributed by atoms with van der Waals surface area (Å²) in [5, 5.41) is 2.73. The van der Waals surface area contributed by atoms with Gasteiger partial charge in [-0.15, -0.1) is 0 Å². The maximum Gasteiger partial charge on any atom is 0.494 e. The first-order valence-electron chi connectivity index (χ1n) is 6.64. The molecular formula is C15H20BNO3. The second-order valence-corrected chi connectivity index (χ2v) is 5.91. The first-order chi connectivity index (χ1) is 9.25. The largest absolute Gasteiger partial charge is 0.494 e. The molecule has 1 aliphatic heterocycles. The third-order valence-electron chi connectivity index (χ3n) is 3.86. The Morgan fingerprint density at radius 3 is 2.40 bits per heavy atom. The molecule has 1 aromatic carbocycles. The molecule has 106 valence electrons. The molecule has 0 aromatic heterocycles. The van der Waals surface area contributed by atoms with E-state index in [1.807, 2.05) is 52.0 Å². The summed E-state index contributed by atoms with van der Waals surface area (Å²) in [4.78, 5) is 11.3. The standard InChI is InChI=1S/C15H20BNO3/c1-6-13(18)17-12-9-7-8-11(10-12)16-19-14(2,3)15(4,5)20-16/h6-10H,1H2,2-5H3,(H,17,18). The lowest BCUT2D eigenvalue weighted by atomic mass is 9.79. The predicted octanol–water partition coefficient (Wildman–Crippen LogP) is 2.11. The molecule has 0 unspecified atom stereocenters. The normalized spacial score (nSPS) is 19.7. The van der Waals surface area contributed by atoms with E-state index in [-0.39, 0.29) is 17.1 Å². The van der Waals surface area contributed by atoms with Crippen molar-refractivity contribution < 1.29 is 14.1 Å². The minimum Gasteiger partial charge on any atom is -0.399 e. The van der Waals surface area contributed by atoms with Crippen LogP contribution in [0.25, 0.3) is 0 Å². The van der Waals surface area contributed by atoms with Crippen molar-refractivity contribution in [1.82, 2.24) is 0 Å². The average Bonchev–Trinajstić information content (AvgIpc) is 2.59. The van der Waals surface area contributed by atoms with Crippen LogP contribution in [-0.4, -0.2) is 24.2 Å². The van der Waals surface area contributed by atoms with Gasteiger partial charge in [-0.2, -0.15) is 0 Å². The van der Waals surface area contributed by atoms with Gasteiger partial charge in [0.1, 0.15) is 0 Å². The van der Waals surface area contributed by atoms with Crippen LogP contribution in [0.15, 0.2) is 36.9 Å². The second-order valence-electron chi connectivity index (χ2n) is 5.91. The van der Waals surface area contributed by atoms with Crippen LogP contribution >= 0.6 is 0 Å². The fourth-order valence-electron chi connectivity index (χ4n) is 1.94. The van der Waals surface area contributed by atoms with Crippen molar-refractivity contribution >= 4 is 24.2 Å². The van der Waals surface area contributed by atoms with Gasteiger partial charge in [0.2, 0.25) is 5.91 Å². The zero-order valence-electron chi connectivity index (χ0n) is 12.4. The molecule has 1 N–H and O–H groups in total. The van der Waals surface area contributed by atoms with Crippen LogP contribution in [0.5, 0.6) is 0 Å². The van der Waals surface area contributed by atoms with Gasteiger partial charge in [0, 0.05) is 5.69 Å². The van der Waals surface area contributed by atoms with Crippen molar-refractivity contribution in [1.29, 1.82) is 0 Å². The average molecular weight is 273 g/mol. The summed E-state index contributed by atoms with van der Waals surface area (Å²) in [6.45, 7) is 11.5. The molecule has 0 saturated carbocycles.